The monoisotopic (exact) mass is 273 g/mol. The van der Waals surface area contributed by atoms with Crippen LogP contribution in [0.3, 0.4) is 0 Å². The zero-order valence-corrected chi connectivity index (χ0v) is 12.7. The molecule has 0 spiro atoms. The first kappa shape index (κ1) is 14.6. The van der Waals surface area contributed by atoms with Gasteiger partial charge >= 0.3 is 0 Å². The molecular weight excluding hydrogens is 250 g/mol. The normalized spacial score (nSPS) is 12.4. The van der Waals surface area contributed by atoms with Gasteiger partial charge in [-0.1, -0.05) is 6.92 Å². The van der Waals surface area contributed by atoms with Crippen LogP contribution >= 0.6 is 0 Å². The molecule has 0 fully saturated rings. The predicted octanol–water partition coefficient (Wildman–Crippen LogP) is 2.92. The molecule has 0 amide bonds. The van der Waals surface area contributed by atoms with E-state index in [-0.39, 0.29) is 0 Å². The first-order chi connectivity index (χ1) is 9.63. The highest BCUT2D eigenvalue weighted by Gasteiger charge is 2.10. The lowest BCUT2D eigenvalue weighted by Gasteiger charge is -2.16. The van der Waals surface area contributed by atoms with Crippen LogP contribution in [-0.2, 0) is 6.54 Å². The number of aryl methyl sites for hydroxylation is 1. The number of hydrogen-bond donors (Lipinski definition) is 1. The maximum Gasteiger partial charge on any atom is 0.122 e. The Kier molecular flexibility index (Phi) is 4.79. The molecule has 1 atom stereocenters. The van der Waals surface area contributed by atoms with Crippen LogP contribution in [0.25, 0.3) is 0 Å². The number of aromatic nitrogens is 2. The second kappa shape index (κ2) is 6.57. The smallest absolute Gasteiger partial charge is 0.122 e. The molecule has 1 N–H and O–H groups in total. The van der Waals surface area contributed by atoms with E-state index in [1.54, 1.807) is 7.11 Å². The second-order valence-corrected chi connectivity index (χ2v) is 4.98. The Morgan fingerprint density at radius 1 is 1.40 bits per heavy atom. The lowest BCUT2D eigenvalue weighted by molar-refractivity contribution is 0.412. The molecule has 2 heterocycles. The van der Waals surface area contributed by atoms with E-state index in [0.29, 0.717) is 6.04 Å². The van der Waals surface area contributed by atoms with Crippen molar-refractivity contribution in [2.75, 3.05) is 13.7 Å². The van der Waals surface area contributed by atoms with E-state index in [0.717, 1.165) is 30.2 Å². The van der Waals surface area contributed by atoms with Crippen molar-refractivity contribution in [1.29, 1.82) is 0 Å². The van der Waals surface area contributed by atoms with E-state index in [9.17, 15) is 0 Å². The van der Waals surface area contributed by atoms with Crippen molar-refractivity contribution >= 4 is 0 Å². The first-order valence-corrected chi connectivity index (χ1v) is 7.04. The molecule has 2 rings (SSSR count). The van der Waals surface area contributed by atoms with Crippen LogP contribution in [0.15, 0.2) is 30.5 Å². The van der Waals surface area contributed by atoms with Crippen molar-refractivity contribution in [3.63, 3.8) is 0 Å². The van der Waals surface area contributed by atoms with Crippen LogP contribution in [0.4, 0.5) is 0 Å². The van der Waals surface area contributed by atoms with Gasteiger partial charge in [0, 0.05) is 35.8 Å². The predicted molar refractivity (Wildman–Crippen MR) is 81.2 cm³/mol. The summed E-state index contributed by atoms with van der Waals surface area (Å²) in [6, 6.07) is 8.51. The highest BCUT2D eigenvalue weighted by atomic mass is 16.5. The van der Waals surface area contributed by atoms with E-state index >= 15 is 0 Å². The summed E-state index contributed by atoms with van der Waals surface area (Å²) < 4.78 is 7.54. The number of hydrogen-bond acceptors (Lipinski definition) is 3. The Bertz CT molecular complexity index is 563. The van der Waals surface area contributed by atoms with Gasteiger partial charge in [0.25, 0.3) is 0 Å². The van der Waals surface area contributed by atoms with Crippen LogP contribution in [0.2, 0.25) is 0 Å². The van der Waals surface area contributed by atoms with E-state index in [4.69, 9.17) is 4.74 Å². The largest absolute Gasteiger partial charge is 0.497 e. The zero-order chi connectivity index (χ0) is 14.5. The number of nitrogens with one attached hydrogen (secondary N) is 1. The van der Waals surface area contributed by atoms with Crippen molar-refractivity contribution in [3.05, 3.63) is 47.5 Å². The van der Waals surface area contributed by atoms with E-state index < -0.39 is 0 Å². The van der Waals surface area contributed by atoms with Gasteiger partial charge in [-0.25, -0.2) is 0 Å². The minimum atomic E-state index is 0.335. The Balaban J connectivity index is 2.22. The fourth-order valence-corrected chi connectivity index (χ4v) is 2.45. The van der Waals surface area contributed by atoms with Gasteiger partial charge < -0.3 is 14.6 Å². The maximum absolute atomic E-state index is 5.31. The average Bonchev–Trinajstić information content (AvgIpc) is 2.86. The number of rotatable bonds is 6. The van der Waals surface area contributed by atoms with Crippen molar-refractivity contribution in [2.45, 2.75) is 33.4 Å². The summed E-state index contributed by atoms with van der Waals surface area (Å²) in [4.78, 5) is 4.58. The molecule has 20 heavy (non-hydrogen) atoms. The Hall–Kier alpha value is -1.81. The fourth-order valence-electron chi connectivity index (χ4n) is 2.45. The molecule has 0 saturated heterocycles. The molecule has 0 bridgehead atoms. The van der Waals surface area contributed by atoms with Crippen LogP contribution in [0.1, 0.15) is 37.0 Å². The number of pyridine rings is 1. The summed E-state index contributed by atoms with van der Waals surface area (Å²) in [5.74, 6) is 0.862. The van der Waals surface area contributed by atoms with Gasteiger partial charge in [-0.3, -0.25) is 4.98 Å². The molecular formula is C16H23N3O. The number of nitrogens with zero attached hydrogens (tertiary/aromatic N) is 2. The molecule has 0 aromatic carbocycles. The molecule has 0 saturated carbocycles. The van der Waals surface area contributed by atoms with Gasteiger partial charge in [0.05, 0.1) is 19.3 Å². The van der Waals surface area contributed by atoms with E-state index in [1.807, 2.05) is 19.1 Å². The summed E-state index contributed by atoms with van der Waals surface area (Å²) in [5, 5.41) is 3.44. The van der Waals surface area contributed by atoms with Crippen LogP contribution in [0, 0.1) is 6.92 Å². The Labute approximate surface area is 120 Å². The maximum atomic E-state index is 5.31. The second-order valence-electron chi connectivity index (χ2n) is 4.98. The Morgan fingerprint density at radius 2 is 2.20 bits per heavy atom. The number of methoxy groups -OCH3 is 1. The Morgan fingerprint density at radius 3 is 2.90 bits per heavy atom. The minimum absolute atomic E-state index is 0.335. The van der Waals surface area contributed by atoms with Gasteiger partial charge in [-0.15, -0.1) is 0 Å². The van der Waals surface area contributed by atoms with Crippen LogP contribution < -0.4 is 10.1 Å². The van der Waals surface area contributed by atoms with Crippen LogP contribution in [0.5, 0.6) is 5.75 Å². The minimum Gasteiger partial charge on any atom is -0.497 e. The quantitative estimate of drug-likeness (QED) is 0.879. The van der Waals surface area contributed by atoms with Crippen molar-refractivity contribution < 1.29 is 4.74 Å². The van der Waals surface area contributed by atoms with Crippen molar-refractivity contribution in [3.8, 4) is 5.75 Å². The van der Waals surface area contributed by atoms with Gasteiger partial charge in [-0.2, -0.15) is 0 Å². The zero-order valence-electron chi connectivity index (χ0n) is 12.7. The fraction of sp³-hybridized carbons (Fsp3) is 0.438. The molecule has 4 heteroatoms. The summed E-state index contributed by atoms with van der Waals surface area (Å²) in [7, 11) is 1.69. The summed E-state index contributed by atoms with van der Waals surface area (Å²) >= 11 is 0. The standard InChI is InChI=1S/C16H23N3O/c1-5-17-13(3)16-7-6-8-19(16)11-14-10-15(20-4)9-12(2)18-14/h6-10,13,17H,5,11H2,1-4H3. The third-order valence-corrected chi connectivity index (χ3v) is 3.37. The van der Waals surface area contributed by atoms with Gasteiger partial charge in [0.2, 0.25) is 0 Å². The molecule has 0 aliphatic rings. The van der Waals surface area contributed by atoms with Gasteiger partial charge in [0.1, 0.15) is 5.75 Å². The van der Waals surface area contributed by atoms with Gasteiger partial charge in [0.15, 0.2) is 0 Å². The molecule has 1 unspecified atom stereocenters. The third-order valence-electron chi connectivity index (χ3n) is 3.37. The summed E-state index contributed by atoms with van der Waals surface area (Å²) in [6.07, 6.45) is 2.10. The third kappa shape index (κ3) is 3.39. The average molecular weight is 273 g/mol. The lowest BCUT2D eigenvalue weighted by atomic mass is 10.2. The lowest BCUT2D eigenvalue weighted by Crippen LogP contribution is -2.21. The van der Waals surface area contributed by atoms with E-state index in [2.05, 4.69) is 47.0 Å². The molecule has 2 aromatic heterocycles. The van der Waals surface area contributed by atoms with E-state index in [1.165, 1.54) is 5.69 Å². The van der Waals surface area contributed by atoms with Gasteiger partial charge in [-0.05, 0) is 32.5 Å². The number of ether oxygens (including phenoxy) is 1. The molecule has 0 aliphatic carbocycles. The molecule has 108 valence electrons. The molecule has 0 aliphatic heterocycles. The molecule has 4 nitrogen and oxygen atoms in total. The topological polar surface area (TPSA) is 39.1 Å². The van der Waals surface area contributed by atoms with Crippen LogP contribution in [-0.4, -0.2) is 23.2 Å². The summed E-state index contributed by atoms with van der Waals surface area (Å²) in [5.41, 5.74) is 3.27. The van der Waals surface area contributed by atoms with Crippen molar-refractivity contribution in [2.24, 2.45) is 0 Å². The highest BCUT2D eigenvalue weighted by Crippen LogP contribution is 2.18. The molecule has 0 radical (unpaired) electrons. The first-order valence-electron chi connectivity index (χ1n) is 7.04. The SMILES string of the molecule is CCNC(C)c1cccn1Cc1cc(OC)cc(C)n1. The molecule has 2 aromatic rings. The highest BCUT2D eigenvalue weighted by molar-refractivity contribution is 5.27. The van der Waals surface area contributed by atoms with Crippen molar-refractivity contribution in [1.82, 2.24) is 14.9 Å². The summed E-state index contributed by atoms with van der Waals surface area (Å²) in [6.45, 7) is 8.01.